The number of esters is 1. The highest BCUT2D eigenvalue weighted by atomic mass is 32.1. The van der Waals surface area contributed by atoms with Gasteiger partial charge in [0, 0.05) is 17.8 Å². The van der Waals surface area contributed by atoms with Crippen molar-refractivity contribution in [2.45, 2.75) is 6.61 Å². The average Bonchev–Trinajstić information content (AvgIpc) is 3.34. The zero-order chi connectivity index (χ0) is 18.1. The normalized spacial score (nSPS) is 11.0. The molecule has 8 heteroatoms. The van der Waals surface area contributed by atoms with Crippen molar-refractivity contribution < 1.29 is 9.53 Å². The van der Waals surface area contributed by atoms with E-state index in [1.54, 1.807) is 35.6 Å². The minimum atomic E-state index is -0.581. The summed E-state index contributed by atoms with van der Waals surface area (Å²) in [5, 5.41) is 9.75. The van der Waals surface area contributed by atoms with Crippen LogP contribution in [-0.4, -0.2) is 20.7 Å². The highest BCUT2D eigenvalue weighted by Gasteiger charge is 2.17. The lowest BCUT2D eigenvalue weighted by molar-refractivity contribution is 0.0461. The zero-order valence-electron chi connectivity index (χ0n) is 13.7. The van der Waals surface area contributed by atoms with E-state index >= 15 is 0 Å². The van der Waals surface area contributed by atoms with Crippen molar-refractivity contribution in [3.05, 3.63) is 68.9 Å². The Morgan fingerprint density at radius 3 is 2.73 bits per heavy atom. The minimum absolute atomic E-state index is 0.0551. The fraction of sp³-hybridized carbons (Fsp3) is 0.111. The van der Waals surface area contributed by atoms with E-state index in [0.717, 1.165) is 14.6 Å². The number of nitrogens with zero attached hydrogens (tertiary/aromatic N) is 3. The molecule has 0 amide bonds. The van der Waals surface area contributed by atoms with Crippen molar-refractivity contribution in [3.8, 4) is 9.88 Å². The summed E-state index contributed by atoms with van der Waals surface area (Å²) in [4.78, 5) is 30.2. The molecule has 0 aliphatic rings. The first-order valence-corrected chi connectivity index (χ1v) is 9.51. The van der Waals surface area contributed by atoms with Crippen LogP contribution >= 0.6 is 22.7 Å². The fourth-order valence-corrected chi connectivity index (χ4v) is 4.16. The van der Waals surface area contributed by atoms with Crippen LogP contribution in [0.5, 0.6) is 0 Å². The van der Waals surface area contributed by atoms with Crippen LogP contribution in [0, 0.1) is 0 Å². The molecule has 0 saturated carbocycles. The van der Waals surface area contributed by atoms with E-state index in [2.05, 4.69) is 10.1 Å². The van der Waals surface area contributed by atoms with Crippen molar-refractivity contribution in [1.82, 2.24) is 14.8 Å². The molecule has 0 fully saturated rings. The molecule has 0 radical (unpaired) electrons. The molecular weight excluding hydrogens is 370 g/mol. The molecule has 26 heavy (non-hydrogen) atoms. The van der Waals surface area contributed by atoms with Crippen molar-refractivity contribution in [1.29, 1.82) is 0 Å². The Bertz CT molecular complexity index is 1150. The Morgan fingerprint density at radius 2 is 1.96 bits per heavy atom. The highest BCUT2D eigenvalue weighted by Crippen LogP contribution is 2.28. The first kappa shape index (κ1) is 16.6. The predicted octanol–water partition coefficient (Wildman–Crippen LogP) is 3.48. The second-order valence-electron chi connectivity index (χ2n) is 5.52. The lowest BCUT2D eigenvalue weighted by Crippen LogP contribution is -2.23. The maximum absolute atomic E-state index is 12.5. The molecule has 0 aliphatic heterocycles. The number of ether oxygens (including phenoxy) is 1. The van der Waals surface area contributed by atoms with Crippen LogP contribution in [0.3, 0.4) is 0 Å². The monoisotopic (exact) mass is 383 g/mol. The quantitative estimate of drug-likeness (QED) is 0.505. The number of carbonyl (C=O) groups is 1. The van der Waals surface area contributed by atoms with Crippen LogP contribution in [0.4, 0.5) is 0 Å². The van der Waals surface area contributed by atoms with Gasteiger partial charge in [0.2, 0.25) is 0 Å². The summed E-state index contributed by atoms with van der Waals surface area (Å²) in [6, 6.07) is 10.8. The molecule has 130 valence electrons. The van der Waals surface area contributed by atoms with Crippen LogP contribution in [-0.2, 0) is 18.4 Å². The third-order valence-electron chi connectivity index (χ3n) is 3.78. The van der Waals surface area contributed by atoms with Gasteiger partial charge in [-0.2, -0.15) is 5.10 Å². The molecular formula is C18H13N3O3S2. The van der Waals surface area contributed by atoms with Gasteiger partial charge in [-0.3, -0.25) is 4.79 Å². The molecule has 0 unspecified atom stereocenters. The van der Waals surface area contributed by atoms with Gasteiger partial charge in [-0.1, -0.05) is 24.3 Å². The topological polar surface area (TPSA) is 74.1 Å². The van der Waals surface area contributed by atoms with E-state index in [9.17, 15) is 9.59 Å². The number of rotatable bonds is 4. The number of fused-ring (bicyclic) bond motifs is 1. The van der Waals surface area contributed by atoms with Crippen molar-refractivity contribution in [2.24, 2.45) is 7.05 Å². The van der Waals surface area contributed by atoms with Crippen molar-refractivity contribution in [3.63, 3.8) is 0 Å². The van der Waals surface area contributed by atoms with Gasteiger partial charge in [-0.15, -0.1) is 22.7 Å². The van der Waals surface area contributed by atoms with Crippen molar-refractivity contribution >= 4 is 39.4 Å². The Kier molecular flexibility index (Phi) is 4.36. The van der Waals surface area contributed by atoms with Crippen LogP contribution in [0.1, 0.15) is 16.2 Å². The zero-order valence-corrected chi connectivity index (χ0v) is 15.3. The number of aromatic nitrogens is 3. The van der Waals surface area contributed by atoms with Gasteiger partial charge in [-0.05, 0) is 17.5 Å². The molecule has 0 bridgehead atoms. The fourth-order valence-electron chi connectivity index (χ4n) is 2.55. The lowest BCUT2D eigenvalue weighted by Gasteiger charge is -2.07. The number of hydrogen-bond donors (Lipinski definition) is 0. The molecule has 1 aromatic carbocycles. The highest BCUT2D eigenvalue weighted by molar-refractivity contribution is 7.20. The Morgan fingerprint density at radius 1 is 1.15 bits per heavy atom. The van der Waals surface area contributed by atoms with Gasteiger partial charge >= 0.3 is 5.97 Å². The van der Waals surface area contributed by atoms with Gasteiger partial charge in [0.1, 0.15) is 11.6 Å². The van der Waals surface area contributed by atoms with Gasteiger partial charge < -0.3 is 4.74 Å². The molecule has 0 spiro atoms. The SMILES string of the molecule is Cn1nc(C(=O)OCc2csc(-c3cccs3)n2)c2ccccc2c1=O. The molecule has 0 saturated heterocycles. The molecule has 0 atom stereocenters. The van der Waals surface area contributed by atoms with Crippen LogP contribution < -0.4 is 5.56 Å². The first-order valence-electron chi connectivity index (χ1n) is 7.75. The summed E-state index contributed by atoms with van der Waals surface area (Å²) in [6.45, 7) is 0.0551. The number of benzene rings is 1. The van der Waals surface area contributed by atoms with E-state index < -0.39 is 5.97 Å². The summed E-state index contributed by atoms with van der Waals surface area (Å²) in [5.41, 5.74) is 0.550. The summed E-state index contributed by atoms with van der Waals surface area (Å²) in [6.07, 6.45) is 0. The minimum Gasteiger partial charge on any atom is -0.454 e. The number of carbonyl (C=O) groups excluding carboxylic acids is 1. The maximum Gasteiger partial charge on any atom is 0.359 e. The summed E-state index contributed by atoms with van der Waals surface area (Å²) >= 11 is 3.12. The number of thiazole rings is 1. The Labute approximate surface area is 156 Å². The second kappa shape index (κ2) is 6.81. The Hall–Kier alpha value is -2.84. The predicted molar refractivity (Wildman–Crippen MR) is 102 cm³/mol. The molecule has 0 N–H and O–H groups in total. The maximum atomic E-state index is 12.5. The average molecular weight is 383 g/mol. The van der Waals surface area contributed by atoms with Crippen LogP contribution in [0.2, 0.25) is 0 Å². The van der Waals surface area contributed by atoms with Crippen LogP contribution in [0.25, 0.3) is 20.7 Å². The standard InChI is InChI=1S/C18H13N3O3S2/c1-21-17(22)13-6-3-2-5-12(13)15(20-21)18(23)24-9-11-10-26-16(19-11)14-7-4-8-25-14/h2-8,10H,9H2,1H3. The van der Waals surface area contributed by atoms with E-state index in [0.29, 0.717) is 16.5 Å². The van der Waals surface area contributed by atoms with Gasteiger partial charge in [-0.25, -0.2) is 14.5 Å². The lowest BCUT2D eigenvalue weighted by atomic mass is 10.1. The summed E-state index contributed by atoms with van der Waals surface area (Å²) < 4.78 is 6.53. The third kappa shape index (κ3) is 3.04. The molecule has 3 heterocycles. The number of thiophene rings is 1. The molecule has 6 nitrogen and oxygen atoms in total. The van der Waals surface area contributed by atoms with E-state index in [4.69, 9.17) is 4.74 Å². The van der Waals surface area contributed by atoms with Gasteiger partial charge in [0.25, 0.3) is 5.56 Å². The number of hydrogen-bond acceptors (Lipinski definition) is 7. The van der Waals surface area contributed by atoms with Gasteiger partial charge in [0.05, 0.1) is 16.0 Å². The summed E-state index contributed by atoms with van der Waals surface area (Å²) in [7, 11) is 1.51. The smallest absolute Gasteiger partial charge is 0.359 e. The molecule has 4 aromatic rings. The van der Waals surface area contributed by atoms with E-state index in [1.807, 2.05) is 22.9 Å². The van der Waals surface area contributed by atoms with E-state index in [-0.39, 0.29) is 17.9 Å². The van der Waals surface area contributed by atoms with Crippen LogP contribution in [0.15, 0.2) is 52.0 Å². The van der Waals surface area contributed by atoms with Gasteiger partial charge in [0.15, 0.2) is 5.69 Å². The number of aryl methyl sites for hydroxylation is 1. The first-order chi connectivity index (χ1) is 12.6. The largest absolute Gasteiger partial charge is 0.454 e. The van der Waals surface area contributed by atoms with E-state index in [1.165, 1.54) is 18.4 Å². The van der Waals surface area contributed by atoms with Crippen molar-refractivity contribution in [2.75, 3.05) is 0 Å². The second-order valence-corrected chi connectivity index (χ2v) is 7.33. The molecule has 3 aromatic heterocycles. The third-order valence-corrected chi connectivity index (χ3v) is 5.71. The summed E-state index contributed by atoms with van der Waals surface area (Å²) in [5.74, 6) is -0.581. The Balaban J connectivity index is 1.57. The molecule has 0 aliphatic carbocycles. The molecule has 4 rings (SSSR count).